The Morgan fingerprint density at radius 2 is 2.00 bits per heavy atom. The molecule has 3 aromatic rings. The van der Waals surface area contributed by atoms with Gasteiger partial charge >= 0.3 is 0 Å². The molecule has 0 amide bonds. The SMILES string of the molecule is NCc1cccc(Cl)c1-c1cccc(F)c1Cc1nc(S)cs1. The Labute approximate surface area is 148 Å². The molecule has 2 N–H and O–H groups in total. The van der Waals surface area contributed by atoms with Gasteiger partial charge in [0, 0.05) is 34.5 Å². The van der Waals surface area contributed by atoms with E-state index in [1.54, 1.807) is 12.1 Å². The van der Waals surface area contributed by atoms with E-state index >= 15 is 0 Å². The minimum atomic E-state index is -0.277. The molecule has 0 aliphatic carbocycles. The third-order valence-corrected chi connectivity index (χ3v) is 5.14. The highest BCUT2D eigenvalue weighted by Gasteiger charge is 2.17. The first kappa shape index (κ1) is 16.5. The third-order valence-electron chi connectivity index (χ3n) is 3.58. The first-order chi connectivity index (χ1) is 11.1. The van der Waals surface area contributed by atoms with Crippen molar-refractivity contribution in [3.8, 4) is 11.1 Å². The highest BCUT2D eigenvalue weighted by atomic mass is 35.5. The van der Waals surface area contributed by atoms with Crippen LogP contribution in [-0.4, -0.2) is 4.98 Å². The Hall–Kier alpha value is -1.40. The molecule has 0 aliphatic rings. The summed E-state index contributed by atoms with van der Waals surface area (Å²) in [6.45, 7) is 0.337. The molecule has 0 saturated heterocycles. The lowest BCUT2D eigenvalue weighted by molar-refractivity contribution is 0.614. The second kappa shape index (κ2) is 7.01. The fraction of sp³-hybridized carbons (Fsp3) is 0.118. The maximum Gasteiger partial charge on any atom is 0.127 e. The zero-order chi connectivity index (χ0) is 16.4. The molecule has 0 unspecified atom stereocenters. The van der Waals surface area contributed by atoms with E-state index in [2.05, 4.69) is 17.6 Å². The summed E-state index contributed by atoms with van der Waals surface area (Å²) in [5.41, 5.74) is 8.83. The number of halogens is 2. The number of thiol groups is 1. The van der Waals surface area contributed by atoms with Gasteiger partial charge in [-0.3, -0.25) is 0 Å². The molecule has 0 spiro atoms. The second-order valence-corrected chi connectivity index (χ2v) is 6.83. The summed E-state index contributed by atoms with van der Waals surface area (Å²) in [6.07, 6.45) is 0.391. The van der Waals surface area contributed by atoms with E-state index in [9.17, 15) is 4.39 Å². The van der Waals surface area contributed by atoms with Gasteiger partial charge in [-0.1, -0.05) is 35.9 Å². The monoisotopic (exact) mass is 364 g/mol. The topological polar surface area (TPSA) is 38.9 Å². The summed E-state index contributed by atoms with van der Waals surface area (Å²) in [7, 11) is 0. The lowest BCUT2D eigenvalue weighted by Gasteiger charge is -2.15. The van der Waals surface area contributed by atoms with Crippen LogP contribution in [0.4, 0.5) is 4.39 Å². The van der Waals surface area contributed by atoms with Crippen molar-refractivity contribution in [2.75, 3.05) is 0 Å². The van der Waals surface area contributed by atoms with Gasteiger partial charge in [0.2, 0.25) is 0 Å². The molecule has 0 bridgehead atoms. The fourth-order valence-corrected chi connectivity index (χ4v) is 3.86. The van der Waals surface area contributed by atoms with Crippen LogP contribution in [0.15, 0.2) is 46.8 Å². The van der Waals surface area contributed by atoms with Crippen molar-refractivity contribution in [2.45, 2.75) is 18.0 Å². The number of nitrogens with two attached hydrogens (primary N) is 1. The van der Waals surface area contributed by atoms with E-state index in [1.165, 1.54) is 17.4 Å². The van der Waals surface area contributed by atoms with Gasteiger partial charge in [0.25, 0.3) is 0 Å². The first-order valence-corrected chi connectivity index (χ1v) is 8.69. The zero-order valence-corrected chi connectivity index (χ0v) is 14.6. The van der Waals surface area contributed by atoms with Gasteiger partial charge in [0.05, 0.1) is 5.01 Å². The van der Waals surface area contributed by atoms with Gasteiger partial charge in [-0.25, -0.2) is 9.37 Å². The lowest BCUT2D eigenvalue weighted by atomic mass is 9.93. The largest absolute Gasteiger partial charge is 0.326 e. The Balaban J connectivity index is 2.16. The Bertz CT molecular complexity index is 848. The summed E-state index contributed by atoms with van der Waals surface area (Å²) < 4.78 is 14.5. The van der Waals surface area contributed by atoms with Crippen molar-refractivity contribution in [1.29, 1.82) is 0 Å². The van der Waals surface area contributed by atoms with Crippen molar-refractivity contribution in [3.05, 3.63) is 68.8 Å². The van der Waals surface area contributed by atoms with Crippen molar-refractivity contribution < 1.29 is 4.39 Å². The van der Waals surface area contributed by atoms with Crippen LogP contribution < -0.4 is 5.73 Å². The number of nitrogens with zero attached hydrogens (tertiary/aromatic N) is 1. The summed E-state index contributed by atoms with van der Waals surface area (Å²) in [4.78, 5) is 4.31. The van der Waals surface area contributed by atoms with Crippen molar-refractivity contribution in [2.24, 2.45) is 5.73 Å². The van der Waals surface area contributed by atoms with Gasteiger partial charge in [-0.05, 0) is 23.3 Å². The zero-order valence-electron chi connectivity index (χ0n) is 12.1. The van der Waals surface area contributed by atoms with Crippen LogP contribution in [-0.2, 0) is 13.0 Å². The van der Waals surface area contributed by atoms with Crippen LogP contribution in [0.3, 0.4) is 0 Å². The van der Waals surface area contributed by atoms with E-state index in [1.807, 2.05) is 23.6 Å². The maximum atomic E-state index is 14.5. The molecule has 1 heterocycles. The Morgan fingerprint density at radius 1 is 1.22 bits per heavy atom. The lowest BCUT2D eigenvalue weighted by Crippen LogP contribution is -2.03. The first-order valence-electron chi connectivity index (χ1n) is 6.98. The van der Waals surface area contributed by atoms with Crippen LogP contribution in [0.5, 0.6) is 0 Å². The van der Waals surface area contributed by atoms with Crippen LogP contribution in [0.1, 0.15) is 16.1 Å². The predicted molar refractivity (Wildman–Crippen MR) is 96.9 cm³/mol. The molecule has 3 rings (SSSR count). The molecule has 2 aromatic carbocycles. The molecule has 0 aliphatic heterocycles. The predicted octanol–water partition coefficient (Wildman–Crippen LogP) is 4.94. The number of thiazole rings is 1. The molecule has 118 valence electrons. The summed E-state index contributed by atoms with van der Waals surface area (Å²) >= 11 is 12.0. The number of hydrogen-bond acceptors (Lipinski definition) is 4. The summed E-state index contributed by atoms with van der Waals surface area (Å²) in [6, 6.07) is 10.6. The molecule has 1 aromatic heterocycles. The van der Waals surface area contributed by atoms with Gasteiger partial charge in [0.1, 0.15) is 10.8 Å². The van der Waals surface area contributed by atoms with Crippen LogP contribution in [0.2, 0.25) is 5.02 Å². The van der Waals surface area contributed by atoms with Crippen molar-refractivity contribution in [3.63, 3.8) is 0 Å². The molecule has 0 saturated carbocycles. The van der Waals surface area contributed by atoms with Crippen LogP contribution in [0, 0.1) is 5.82 Å². The quantitative estimate of drug-likeness (QED) is 0.643. The molecule has 6 heteroatoms. The van der Waals surface area contributed by atoms with Gasteiger partial charge < -0.3 is 5.73 Å². The summed E-state index contributed by atoms with van der Waals surface area (Å²) in [5, 5.41) is 3.85. The molecule has 0 atom stereocenters. The number of hydrogen-bond donors (Lipinski definition) is 2. The molecular formula is C17H14ClFN2S2. The molecule has 2 nitrogen and oxygen atoms in total. The van der Waals surface area contributed by atoms with Crippen LogP contribution >= 0.6 is 35.6 Å². The van der Waals surface area contributed by atoms with Gasteiger partial charge in [-0.2, -0.15) is 0 Å². The Kier molecular flexibility index (Phi) is 5.02. The normalized spacial score (nSPS) is 11.0. The summed E-state index contributed by atoms with van der Waals surface area (Å²) in [5.74, 6) is -0.277. The molecule has 23 heavy (non-hydrogen) atoms. The molecule has 0 fully saturated rings. The van der Waals surface area contributed by atoms with Crippen LogP contribution in [0.25, 0.3) is 11.1 Å². The van der Waals surface area contributed by atoms with E-state index < -0.39 is 0 Å². The average Bonchev–Trinajstić information content (AvgIpc) is 2.94. The third kappa shape index (κ3) is 3.43. The minimum Gasteiger partial charge on any atom is -0.326 e. The van der Waals surface area contributed by atoms with E-state index in [-0.39, 0.29) is 5.82 Å². The molecule has 0 radical (unpaired) electrons. The number of benzene rings is 2. The van der Waals surface area contributed by atoms with Gasteiger partial charge in [0.15, 0.2) is 0 Å². The maximum absolute atomic E-state index is 14.5. The highest BCUT2D eigenvalue weighted by Crippen LogP contribution is 2.36. The fourth-order valence-electron chi connectivity index (χ4n) is 2.55. The van der Waals surface area contributed by atoms with Gasteiger partial charge in [-0.15, -0.1) is 24.0 Å². The van der Waals surface area contributed by atoms with E-state index in [0.717, 1.165) is 21.7 Å². The standard InChI is InChI=1S/C17H14ClFN2S2/c18-13-5-1-3-10(8-20)17(13)11-4-2-6-14(19)12(11)7-16-21-15(22)9-23-16/h1-6,9,22H,7-8,20H2. The van der Waals surface area contributed by atoms with Crippen molar-refractivity contribution in [1.82, 2.24) is 4.98 Å². The number of rotatable bonds is 4. The molecular weight excluding hydrogens is 351 g/mol. The highest BCUT2D eigenvalue weighted by molar-refractivity contribution is 7.80. The van der Waals surface area contributed by atoms with E-state index in [0.29, 0.717) is 28.6 Å². The second-order valence-electron chi connectivity index (χ2n) is 5.02. The smallest absolute Gasteiger partial charge is 0.127 e. The van der Waals surface area contributed by atoms with Crippen molar-refractivity contribution >= 4 is 35.6 Å². The Morgan fingerprint density at radius 3 is 2.70 bits per heavy atom. The van der Waals surface area contributed by atoms with E-state index in [4.69, 9.17) is 17.3 Å². The average molecular weight is 365 g/mol. The number of aromatic nitrogens is 1. The minimum absolute atomic E-state index is 0.277.